The molecule has 0 atom stereocenters. The number of aryl methyl sites for hydroxylation is 1. The molecule has 0 heterocycles. The third kappa shape index (κ3) is 5.89. The fraction of sp³-hybridized carbons (Fsp3) is 0.190. The maximum Gasteiger partial charge on any atom is 0.323 e. The van der Waals surface area contributed by atoms with Crippen molar-refractivity contribution in [3.63, 3.8) is 0 Å². The van der Waals surface area contributed by atoms with Gasteiger partial charge in [0.05, 0.1) is 11.4 Å². The Labute approximate surface area is 180 Å². The van der Waals surface area contributed by atoms with E-state index in [1.165, 1.54) is 0 Å². The summed E-state index contributed by atoms with van der Waals surface area (Å²) in [6.07, 6.45) is 1.63. The molecule has 3 rings (SSSR count). The van der Waals surface area contributed by atoms with E-state index in [1.807, 2.05) is 30.3 Å². The lowest BCUT2D eigenvalue weighted by Crippen LogP contribution is -2.22. The summed E-state index contributed by atoms with van der Waals surface area (Å²) in [5.41, 5.74) is 22.0. The number of nitrogens with two attached hydrogens (primary N) is 3. The molecule has 0 fully saturated rings. The molecule has 0 spiro atoms. The summed E-state index contributed by atoms with van der Waals surface area (Å²) in [6.45, 7) is 3.48. The predicted octanol–water partition coefficient (Wildman–Crippen LogP) is 2.36. The van der Waals surface area contributed by atoms with Crippen molar-refractivity contribution < 1.29 is 4.79 Å². The molecular weight excluding hydrogens is 394 g/mol. The van der Waals surface area contributed by atoms with Crippen LogP contribution in [0.5, 0.6) is 0 Å². The second-order valence-electron chi connectivity index (χ2n) is 7.03. The number of rotatable bonds is 5. The van der Waals surface area contributed by atoms with Gasteiger partial charge in [-0.05, 0) is 62.1 Å². The fourth-order valence-electron chi connectivity index (χ4n) is 3.07. The van der Waals surface area contributed by atoms with Gasteiger partial charge >= 0.3 is 6.03 Å². The molecule has 0 bridgehead atoms. The summed E-state index contributed by atoms with van der Waals surface area (Å²) in [4.78, 5) is 12.4. The van der Waals surface area contributed by atoms with Crippen molar-refractivity contribution in [1.82, 2.24) is 0 Å². The number of guanidine groups is 1. The summed E-state index contributed by atoms with van der Waals surface area (Å²) in [5.74, 6) is 0.309. The van der Waals surface area contributed by atoms with Crippen LogP contribution in [0.1, 0.15) is 37.0 Å². The number of urea groups is 1. The number of fused-ring (bicyclic) bond motifs is 1. The molecule has 160 valence electrons. The number of hydrogen-bond donors (Lipinski definition) is 5. The van der Waals surface area contributed by atoms with Gasteiger partial charge < -0.3 is 27.8 Å². The summed E-state index contributed by atoms with van der Waals surface area (Å²) in [7, 11) is 0. The lowest BCUT2D eigenvalue weighted by atomic mass is 10.1. The largest absolute Gasteiger partial charge is 0.386 e. The van der Waals surface area contributed by atoms with Crippen molar-refractivity contribution in [1.29, 1.82) is 0 Å². The first-order valence-electron chi connectivity index (χ1n) is 9.63. The van der Waals surface area contributed by atoms with Gasteiger partial charge in [0, 0.05) is 16.9 Å². The van der Waals surface area contributed by atoms with E-state index in [1.54, 1.807) is 26.0 Å². The van der Waals surface area contributed by atoms with Gasteiger partial charge in [-0.2, -0.15) is 10.2 Å². The monoisotopic (exact) mass is 419 g/mol. The number of carbonyl (C=O) groups is 1. The zero-order valence-corrected chi connectivity index (χ0v) is 17.4. The predicted molar refractivity (Wildman–Crippen MR) is 126 cm³/mol. The van der Waals surface area contributed by atoms with Crippen molar-refractivity contribution in [2.45, 2.75) is 26.7 Å². The van der Waals surface area contributed by atoms with E-state index in [0.29, 0.717) is 22.9 Å². The zero-order chi connectivity index (χ0) is 22.4. The van der Waals surface area contributed by atoms with Crippen molar-refractivity contribution >= 4 is 40.6 Å². The third-order valence-corrected chi connectivity index (χ3v) is 4.51. The van der Waals surface area contributed by atoms with Crippen LogP contribution in [0.3, 0.4) is 0 Å². The lowest BCUT2D eigenvalue weighted by molar-refractivity contribution is 0.262. The molecular formula is C21H25N9O. The maximum atomic E-state index is 12.4. The maximum absolute atomic E-state index is 12.4. The Morgan fingerprint density at radius 1 is 0.871 bits per heavy atom. The fourth-order valence-corrected chi connectivity index (χ4v) is 3.07. The molecule has 0 radical (unpaired) electrons. The van der Waals surface area contributed by atoms with Crippen LogP contribution in [0.15, 0.2) is 62.9 Å². The molecule has 0 aliphatic heterocycles. The second kappa shape index (κ2) is 9.53. The van der Waals surface area contributed by atoms with E-state index in [2.05, 4.69) is 31.0 Å². The van der Waals surface area contributed by atoms with Crippen LogP contribution in [0.2, 0.25) is 0 Å². The van der Waals surface area contributed by atoms with Gasteiger partial charge in [0.15, 0.2) is 0 Å². The number of anilines is 2. The lowest BCUT2D eigenvalue weighted by Gasteiger charge is -2.10. The molecule has 8 N–H and O–H groups in total. The molecule has 2 aromatic rings. The van der Waals surface area contributed by atoms with E-state index in [4.69, 9.17) is 17.2 Å². The summed E-state index contributed by atoms with van der Waals surface area (Å²) < 4.78 is 0. The van der Waals surface area contributed by atoms with E-state index < -0.39 is 0 Å². The SMILES string of the molecule is CC(N)=NN=C1CCc2cc(NC(=O)Nc3ccc(/C(C)=N\N=C(N)N)cc3)ccc21. The highest BCUT2D eigenvalue weighted by Crippen LogP contribution is 2.26. The van der Waals surface area contributed by atoms with Crippen LogP contribution in [0, 0.1) is 0 Å². The summed E-state index contributed by atoms with van der Waals surface area (Å²) in [6, 6.07) is 12.6. The molecule has 10 nitrogen and oxygen atoms in total. The van der Waals surface area contributed by atoms with Crippen LogP contribution >= 0.6 is 0 Å². The van der Waals surface area contributed by atoms with Gasteiger partial charge in [-0.15, -0.1) is 10.2 Å². The van der Waals surface area contributed by atoms with Gasteiger partial charge in [-0.1, -0.05) is 18.2 Å². The number of benzene rings is 2. The number of hydrogen-bond acceptors (Lipinski definition) is 5. The summed E-state index contributed by atoms with van der Waals surface area (Å²) >= 11 is 0. The van der Waals surface area contributed by atoms with Crippen molar-refractivity contribution in [3.05, 3.63) is 59.2 Å². The zero-order valence-electron chi connectivity index (χ0n) is 17.4. The molecule has 10 heteroatoms. The Hall–Kier alpha value is -4.21. The minimum Gasteiger partial charge on any atom is -0.386 e. The second-order valence-corrected chi connectivity index (χ2v) is 7.03. The van der Waals surface area contributed by atoms with Gasteiger partial charge in [-0.3, -0.25) is 0 Å². The number of nitrogens with one attached hydrogen (secondary N) is 2. The molecule has 0 saturated heterocycles. The van der Waals surface area contributed by atoms with Crippen LogP contribution in [-0.2, 0) is 6.42 Å². The van der Waals surface area contributed by atoms with Crippen molar-refractivity contribution in [2.24, 2.45) is 37.6 Å². The highest BCUT2D eigenvalue weighted by atomic mass is 16.2. The molecule has 0 aromatic heterocycles. The molecule has 2 amide bonds. The van der Waals surface area contributed by atoms with Crippen LogP contribution in [-0.4, -0.2) is 29.2 Å². The van der Waals surface area contributed by atoms with Gasteiger partial charge in [0.25, 0.3) is 0 Å². The molecule has 1 aliphatic rings. The normalized spacial score (nSPS) is 14.8. The Balaban J connectivity index is 1.63. The minimum atomic E-state index is -0.339. The van der Waals surface area contributed by atoms with Gasteiger partial charge in [-0.25, -0.2) is 4.79 Å². The molecule has 2 aromatic carbocycles. The molecule has 0 unspecified atom stereocenters. The van der Waals surface area contributed by atoms with Crippen molar-refractivity contribution in [2.75, 3.05) is 10.6 Å². The number of nitrogens with zero attached hydrogens (tertiary/aromatic N) is 4. The molecule has 0 saturated carbocycles. The van der Waals surface area contributed by atoms with Gasteiger partial charge in [0.2, 0.25) is 5.96 Å². The number of amides is 2. The highest BCUT2D eigenvalue weighted by Gasteiger charge is 2.18. The standard InChI is InChI=1S/C21H25N9O/c1-12(27-30-20(23)24)14-3-6-16(7-4-14)25-21(31)26-17-8-9-18-15(11-17)5-10-19(18)29-28-13(2)22/h3-4,6-9,11H,5,10H2,1-2H3,(H2,22,28)(H4,23,24,30)(H2,25,26,31)/b27-12-,29-19?. The first kappa shape index (κ1) is 21.5. The van der Waals surface area contributed by atoms with E-state index >= 15 is 0 Å². The van der Waals surface area contributed by atoms with Crippen LogP contribution < -0.4 is 27.8 Å². The Kier molecular flexibility index (Phi) is 6.61. The van der Waals surface area contributed by atoms with Crippen LogP contribution in [0.4, 0.5) is 16.2 Å². The number of carbonyl (C=O) groups excluding carboxylic acids is 1. The van der Waals surface area contributed by atoms with Gasteiger partial charge in [0.1, 0.15) is 5.84 Å². The smallest absolute Gasteiger partial charge is 0.323 e. The quantitative estimate of drug-likeness (QED) is 0.285. The summed E-state index contributed by atoms with van der Waals surface area (Å²) in [5, 5.41) is 21.3. The molecule has 31 heavy (non-hydrogen) atoms. The Bertz CT molecular complexity index is 1090. The van der Waals surface area contributed by atoms with E-state index in [9.17, 15) is 4.79 Å². The average Bonchev–Trinajstić information content (AvgIpc) is 3.13. The highest BCUT2D eigenvalue weighted by molar-refractivity contribution is 6.06. The Morgan fingerprint density at radius 2 is 1.55 bits per heavy atom. The van der Waals surface area contributed by atoms with E-state index in [-0.39, 0.29) is 12.0 Å². The topological polar surface area (TPSA) is 169 Å². The Morgan fingerprint density at radius 3 is 2.23 bits per heavy atom. The van der Waals surface area contributed by atoms with Crippen molar-refractivity contribution in [3.8, 4) is 0 Å². The average molecular weight is 419 g/mol. The number of amidine groups is 1. The van der Waals surface area contributed by atoms with E-state index in [0.717, 1.165) is 35.2 Å². The molecule has 1 aliphatic carbocycles. The minimum absolute atomic E-state index is 0.108. The first-order valence-corrected chi connectivity index (χ1v) is 9.63. The van der Waals surface area contributed by atoms with Crippen LogP contribution in [0.25, 0.3) is 0 Å². The third-order valence-electron chi connectivity index (χ3n) is 4.51. The first-order chi connectivity index (χ1) is 14.8.